The van der Waals surface area contributed by atoms with Gasteiger partial charge in [-0.15, -0.1) is 0 Å². The fourth-order valence-electron chi connectivity index (χ4n) is 4.67. The molecule has 0 aliphatic carbocycles. The maximum Gasteiger partial charge on any atom is 0.167 e. The zero-order valence-electron chi connectivity index (χ0n) is 22.1. The molecule has 0 saturated heterocycles. The van der Waals surface area contributed by atoms with E-state index in [1.165, 1.54) is 57.8 Å². The van der Waals surface area contributed by atoms with Crippen molar-refractivity contribution in [1.82, 2.24) is 15.0 Å². The van der Waals surface area contributed by atoms with Gasteiger partial charge in [-0.2, -0.15) is 0 Å². The van der Waals surface area contributed by atoms with Gasteiger partial charge in [0.25, 0.3) is 0 Å². The number of phenols is 1. The molecule has 0 aliphatic rings. The Morgan fingerprint density at radius 3 is 1.54 bits per heavy atom. The van der Waals surface area contributed by atoms with Crippen molar-refractivity contribution in [3.05, 3.63) is 84.4 Å². The van der Waals surface area contributed by atoms with E-state index in [9.17, 15) is 5.11 Å². The Morgan fingerprint density at radius 1 is 0.541 bits per heavy atom. The van der Waals surface area contributed by atoms with Crippen LogP contribution in [0.3, 0.4) is 0 Å². The summed E-state index contributed by atoms with van der Waals surface area (Å²) >= 11 is 0. The van der Waals surface area contributed by atoms with Crippen LogP contribution in [0.1, 0.15) is 76.7 Å². The Kier molecular flexibility index (Phi) is 10.2. The minimum atomic E-state index is 0.216. The zero-order chi connectivity index (χ0) is 25.7. The van der Waals surface area contributed by atoms with Crippen LogP contribution in [0.15, 0.2) is 78.9 Å². The van der Waals surface area contributed by atoms with Crippen molar-refractivity contribution in [2.75, 3.05) is 0 Å². The fourth-order valence-corrected chi connectivity index (χ4v) is 4.67. The normalized spacial score (nSPS) is 11.1. The van der Waals surface area contributed by atoms with Crippen LogP contribution in [0.2, 0.25) is 0 Å². The summed E-state index contributed by atoms with van der Waals surface area (Å²) in [7, 11) is 0. The molecule has 192 valence electrons. The van der Waals surface area contributed by atoms with Gasteiger partial charge in [0.05, 0.1) is 5.56 Å². The van der Waals surface area contributed by atoms with Crippen LogP contribution in [0.25, 0.3) is 34.2 Å². The van der Waals surface area contributed by atoms with Crippen molar-refractivity contribution >= 4 is 0 Å². The molecule has 0 fully saturated rings. The van der Waals surface area contributed by atoms with E-state index in [1.54, 1.807) is 0 Å². The highest BCUT2D eigenvalue weighted by Gasteiger charge is 2.15. The van der Waals surface area contributed by atoms with Crippen LogP contribution in [0.4, 0.5) is 0 Å². The van der Waals surface area contributed by atoms with Crippen LogP contribution in [0, 0.1) is 0 Å². The number of benzene rings is 3. The van der Waals surface area contributed by atoms with Crippen LogP contribution in [-0.4, -0.2) is 20.1 Å². The van der Waals surface area contributed by atoms with E-state index in [-0.39, 0.29) is 5.75 Å². The van der Waals surface area contributed by atoms with Crippen LogP contribution >= 0.6 is 0 Å². The molecule has 37 heavy (non-hydrogen) atoms. The minimum Gasteiger partial charge on any atom is -0.507 e. The molecule has 4 rings (SSSR count). The molecule has 0 atom stereocenters. The standard InChI is InChI=1S/C33H39N3O/c1-2-3-4-5-6-7-8-9-10-13-18-26-23-24-29(30(37)25-26)33-35-31(27-19-14-11-15-20-27)34-32(36-33)28-21-16-12-17-22-28/h11-12,14-17,19-25,37H,2-10,13,18H2,1H3. The smallest absolute Gasteiger partial charge is 0.167 e. The molecule has 4 nitrogen and oxygen atoms in total. The van der Waals surface area contributed by atoms with Gasteiger partial charge in [0.1, 0.15) is 5.75 Å². The van der Waals surface area contributed by atoms with Crippen molar-refractivity contribution in [2.45, 2.75) is 77.6 Å². The molecule has 1 aromatic heterocycles. The monoisotopic (exact) mass is 493 g/mol. The number of hydrogen-bond acceptors (Lipinski definition) is 4. The van der Waals surface area contributed by atoms with E-state index in [4.69, 9.17) is 15.0 Å². The van der Waals surface area contributed by atoms with Crippen LogP contribution in [0.5, 0.6) is 5.75 Å². The first kappa shape index (κ1) is 26.5. The van der Waals surface area contributed by atoms with Crippen molar-refractivity contribution in [3.8, 4) is 39.9 Å². The maximum atomic E-state index is 10.9. The molecule has 0 spiro atoms. The highest BCUT2D eigenvalue weighted by Crippen LogP contribution is 2.31. The third-order valence-electron chi connectivity index (χ3n) is 6.82. The number of unbranched alkanes of at least 4 members (excludes halogenated alkanes) is 9. The van der Waals surface area contributed by atoms with Gasteiger partial charge in [-0.25, -0.2) is 15.0 Å². The van der Waals surface area contributed by atoms with Gasteiger partial charge in [0.15, 0.2) is 17.5 Å². The molecule has 0 aliphatic heterocycles. The number of aromatic hydroxyl groups is 1. The second-order valence-electron chi connectivity index (χ2n) is 9.82. The lowest BCUT2D eigenvalue weighted by Crippen LogP contribution is -2.00. The number of phenolic OH excluding ortho intramolecular Hbond substituents is 1. The summed E-state index contributed by atoms with van der Waals surface area (Å²) in [5, 5.41) is 10.9. The second-order valence-corrected chi connectivity index (χ2v) is 9.82. The van der Waals surface area contributed by atoms with E-state index in [0.29, 0.717) is 23.0 Å². The summed E-state index contributed by atoms with van der Waals surface area (Å²) in [4.78, 5) is 14.2. The van der Waals surface area contributed by atoms with Crippen LogP contribution in [-0.2, 0) is 6.42 Å². The highest BCUT2D eigenvalue weighted by atomic mass is 16.3. The van der Waals surface area contributed by atoms with Gasteiger partial charge in [0.2, 0.25) is 0 Å². The number of aryl methyl sites for hydroxylation is 1. The summed E-state index contributed by atoms with van der Waals surface area (Å²) in [6, 6.07) is 25.7. The van der Waals surface area contributed by atoms with E-state index < -0.39 is 0 Å². The predicted molar refractivity (Wildman–Crippen MR) is 153 cm³/mol. The van der Waals surface area contributed by atoms with E-state index in [0.717, 1.165) is 29.5 Å². The molecule has 4 heteroatoms. The molecule has 0 radical (unpaired) electrons. The molecule has 1 heterocycles. The largest absolute Gasteiger partial charge is 0.507 e. The summed E-state index contributed by atoms with van der Waals surface area (Å²) in [6.45, 7) is 2.27. The van der Waals surface area contributed by atoms with Gasteiger partial charge in [-0.3, -0.25) is 0 Å². The molecule has 0 saturated carbocycles. The number of nitrogens with zero attached hydrogens (tertiary/aromatic N) is 3. The highest BCUT2D eigenvalue weighted by molar-refractivity contribution is 5.69. The number of rotatable bonds is 14. The average molecular weight is 494 g/mol. The van der Waals surface area contributed by atoms with Crippen molar-refractivity contribution in [2.24, 2.45) is 0 Å². The molecule has 0 unspecified atom stereocenters. The quantitative estimate of drug-likeness (QED) is 0.178. The molecule has 0 amide bonds. The predicted octanol–water partition coefficient (Wildman–Crippen LogP) is 9.04. The molecule has 4 aromatic rings. The maximum absolute atomic E-state index is 10.9. The Balaban J connectivity index is 1.41. The average Bonchev–Trinajstić information content (AvgIpc) is 2.95. The molecule has 3 aromatic carbocycles. The van der Waals surface area contributed by atoms with Gasteiger partial charge in [0, 0.05) is 11.1 Å². The minimum absolute atomic E-state index is 0.216. The van der Waals surface area contributed by atoms with Gasteiger partial charge >= 0.3 is 0 Å². The third-order valence-corrected chi connectivity index (χ3v) is 6.82. The summed E-state index contributed by atoms with van der Waals surface area (Å²) < 4.78 is 0. The number of aromatic nitrogens is 3. The van der Waals surface area contributed by atoms with Crippen LogP contribution < -0.4 is 0 Å². The first-order valence-corrected chi connectivity index (χ1v) is 13.9. The van der Waals surface area contributed by atoms with E-state index in [2.05, 4.69) is 13.0 Å². The first-order valence-electron chi connectivity index (χ1n) is 13.9. The second kappa shape index (κ2) is 14.3. The lowest BCUT2D eigenvalue weighted by atomic mass is 10.0. The lowest BCUT2D eigenvalue weighted by molar-refractivity contribution is 0.476. The first-order chi connectivity index (χ1) is 18.2. The summed E-state index contributed by atoms with van der Waals surface area (Å²) in [5.41, 5.74) is 3.62. The van der Waals surface area contributed by atoms with Gasteiger partial charge in [-0.1, -0.05) is 131 Å². The molecule has 0 bridgehead atoms. The third kappa shape index (κ3) is 7.98. The summed E-state index contributed by atoms with van der Waals surface area (Å²) in [5.74, 6) is 1.89. The van der Waals surface area contributed by atoms with Gasteiger partial charge in [-0.05, 0) is 30.5 Å². The van der Waals surface area contributed by atoms with Crippen molar-refractivity contribution < 1.29 is 5.11 Å². The topological polar surface area (TPSA) is 58.9 Å². The molecular formula is C33H39N3O. The van der Waals surface area contributed by atoms with E-state index in [1.807, 2.05) is 72.8 Å². The fraction of sp³-hybridized carbons (Fsp3) is 0.364. The summed E-state index contributed by atoms with van der Waals surface area (Å²) in [6.07, 6.45) is 14.2. The SMILES string of the molecule is CCCCCCCCCCCCc1ccc(-c2nc(-c3ccccc3)nc(-c3ccccc3)n2)c(O)c1. The van der Waals surface area contributed by atoms with Gasteiger partial charge < -0.3 is 5.11 Å². The Labute approximate surface area is 221 Å². The Bertz CT molecular complexity index is 1170. The van der Waals surface area contributed by atoms with Crippen molar-refractivity contribution in [3.63, 3.8) is 0 Å². The Hall–Kier alpha value is -3.53. The molecular weight excluding hydrogens is 454 g/mol. The Morgan fingerprint density at radius 2 is 1.03 bits per heavy atom. The molecule has 1 N–H and O–H groups in total. The lowest BCUT2D eigenvalue weighted by Gasteiger charge is -2.10. The van der Waals surface area contributed by atoms with Crippen molar-refractivity contribution in [1.29, 1.82) is 0 Å². The van der Waals surface area contributed by atoms with E-state index >= 15 is 0 Å². The zero-order valence-corrected chi connectivity index (χ0v) is 22.1. The number of hydrogen-bond donors (Lipinski definition) is 1.